The van der Waals surface area contributed by atoms with E-state index in [0.29, 0.717) is 5.69 Å². The molecule has 3 N–H and O–H groups in total. The Labute approximate surface area is 139 Å². The first-order chi connectivity index (χ1) is 11.8. The molecule has 0 amide bonds. The van der Waals surface area contributed by atoms with Crippen molar-refractivity contribution in [2.24, 2.45) is 0 Å². The van der Waals surface area contributed by atoms with E-state index in [-0.39, 0.29) is 0 Å². The first kappa shape index (κ1) is 14.1. The Morgan fingerprint density at radius 3 is 2.75 bits per heavy atom. The van der Waals surface area contributed by atoms with Gasteiger partial charge >= 0.3 is 0 Å². The first-order valence-corrected chi connectivity index (χ1v) is 7.57. The molecule has 0 fully saturated rings. The zero-order valence-electron chi connectivity index (χ0n) is 12.9. The van der Waals surface area contributed by atoms with Crippen LogP contribution >= 0.6 is 0 Å². The smallest absolute Gasteiger partial charge is 0.0991 e. The van der Waals surface area contributed by atoms with Gasteiger partial charge in [-0.2, -0.15) is 0 Å². The summed E-state index contributed by atoms with van der Waals surface area (Å²) < 4.78 is 7.07. The molecule has 5 heteroatoms. The average molecular weight is 316 g/mol. The monoisotopic (exact) mass is 316 g/mol. The van der Waals surface area contributed by atoms with Crippen LogP contribution in [0.25, 0.3) is 16.8 Å². The number of furan rings is 1. The Kier molecular flexibility index (Phi) is 3.51. The Morgan fingerprint density at radius 1 is 1.04 bits per heavy atom. The van der Waals surface area contributed by atoms with Crippen molar-refractivity contribution in [3.63, 3.8) is 0 Å². The van der Waals surface area contributed by atoms with Crippen LogP contribution in [0.1, 0.15) is 0 Å². The van der Waals surface area contributed by atoms with Crippen molar-refractivity contribution in [1.29, 1.82) is 0 Å². The number of nitrogen functional groups attached to an aromatic ring is 1. The fourth-order valence-corrected chi connectivity index (χ4v) is 2.60. The van der Waals surface area contributed by atoms with E-state index < -0.39 is 0 Å². The summed E-state index contributed by atoms with van der Waals surface area (Å²) in [5.74, 6) is 0. The van der Waals surface area contributed by atoms with Crippen molar-refractivity contribution in [2.75, 3.05) is 11.1 Å². The van der Waals surface area contributed by atoms with Crippen LogP contribution in [0.15, 0.2) is 84.2 Å². The van der Waals surface area contributed by atoms with Gasteiger partial charge in [0.2, 0.25) is 0 Å². The maximum Gasteiger partial charge on any atom is 0.0991 e. The van der Waals surface area contributed by atoms with Crippen LogP contribution in [0.2, 0.25) is 0 Å². The van der Waals surface area contributed by atoms with Gasteiger partial charge in [-0.05, 0) is 42.0 Å². The summed E-state index contributed by atoms with van der Waals surface area (Å²) in [6.45, 7) is 0. The van der Waals surface area contributed by atoms with Gasteiger partial charge in [-0.3, -0.25) is 0 Å². The molecule has 5 nitrogen and oxygen atoms in total. The Morgan fingerprint density at radius 2 is 2.00 bits per heavy atom. The van der Waals surface area contributed by atoms with E-state index in [9.17, 15) is 0 Å². The number of hydrogen-bond acceptors (Lipinski definition) is 4. The third-order valence-electron chi connectivity index (χ3n) is 3.83. The van der Waals surface area contributed by atoms with Gasteiger partial charge in [0, 0.05) is 29.3 Å². The standard InChI is InChI=1S/C19H16N4O/c20-18-10-14(15-6-9-24-12-15)4-5-19(18)22-16-2-1-3-17(11-16)23-8-7-21-13-23/h1-13,22H,20H2. The van der Waals surface area contributed by atoms with Crippen LogP contribution < -0.4 is 11.1 Å². The van der Waals surface area contributed by atoms with Gasteiger partial charge in [0.05, 0.1) is 30.2 Å². The minimum atomic E-state index is 0.682. The SMILES string of the molecule is Nc1cc(-c2ccoc2)ccc1Nc1cccc(-n2ccnc2)c1. The number of nitrogens with zero attached hydrogens (tertiary/aromatic N) is 2. The van der Waals surface area contributed by atoms with Crippen molar-refractivity contribution >= 4 is 17.1 Å². The third-order valence-corrected chi connectivity index (χ3v) is 3.83. The van der Waals surface area contributed by atoms with Crippen molar-refractivity contribution < 1.29 is 4.42 Å². The Hall–Kier alpha value is -3.47. The van der Waals surface area contributed by atoms with Crippen LogP contribution in [-0.2, 0) is 0 Å². The number of aromatic nitrogens is 2. The largest absolute Gasteiger partial charge is 0.472 e. The van der Waals surface area contributed by atoms with Crippen molar-refractivity contribution in [3.05, 3.63) is 79.8 Å². The molecule has 2 heterocycles. The molecule has 2 aromatic carbocycles. The topological polar surface area (TPSA) is 69.0 Å². The molecule has 0 aliphatic carbocycles. The molecule has 0 unspecified atom stereocenters. The quantitative estimate of drug-likeness (QED) is 0.545. The summed E-state index contributed by atoms with van der Waals surface area (Å²) >= 11 is 0. The zero-order chi connectivity index (χ0) is 16.4. The van der Waals surface area contributed by atoms with Crippen molar-refractivity contribution in [2.45, 2.75) is 0 Å². The van der Waals surface area contributed by atoms with Crippen LogP contribution in [-0.4, -0.2) is 9.55 Å². The molecule has 0 aliphatic heterocycles. The number of anilines is 3. The highest BCUT2D eigenvalue weighted by molar-refractivity contribution is 5.79. The molecule has 0 saturated carbocycles. The maximum atomic E-state index is 6.20. The van der Waals surface area contributed by atoms with Crippen LogP contribution in [0.3, 0.4) is 0 Å². The normalized spacial score (nSPS) is 10.7. The molecular formula is C19H16N4O. The molecule has 0 saturated heterocycles. The number of rotatable bonds is 4. The van der Waals surface area contributed by atoms with E-state index in [0.717, 1.165) is 28.2 Å². The Balaban J connectivity index is 1.61. The van der Waals surface area contributed by atoms with E-state index in [1.54, 1.807) is 25.1 Å². The molecule has 4 aromatic rings. The van der Waals surface area contributed by atoms with Gasteiger partial charge in [-0.15, -0.1) is 0 Å². The third kappa shape index (κ3) is 2.75. The molecule has 0 bridgehead atoms. The summed E-state index contributed by atoms with van der Waals surface area (Å²) in [5, 5.41) is 3.36. The molecule has 118 valence electrons. The molecule has 0 atom stereocenters. The number of benzene rings is 2. The summed E-state index contributed by atoms with van der Waals surface area (Å²) in [6.07, 6.45) is 8.79. The average Bonchev–Trinajstić information content (AvgIpc) is 3.31. The lowest BCUT2D eigenvalue weighted by atomic mass is 10.1. The van der Waals surface area contributed by atoms with Gasteiger partial charge in [0.1, 0.15) is 0 Å². The number of hydrogen-bond donors (Lipinski definition) is 2. The molecule has 2 aromatic heterocycles. The minimum Gasteiger partial charge on any atom is -0.472 e. The lowest BCUT2D eigenvalue weighted by molar-refractivity contribution is 0.568. The molecule has 0 spiro atoms. The second-order valence-electron chi connectivity index (χ2n) is 5.46. The molecule has 0 radical (unpaired) electrons. The second-order valence-corrected chi connectivity index (χ2v) is 5.46. The number of nitrogens with two attached hydrogens (primary N) is 1. The van der Waals surface area contributed by atoms with E-state index in [2.05, 4.69) is 10.3 Å². The van der Waals surface area contributed by atoms with E-state index >= 15 is 0 Å². The van der Waals surface area contributed by atoms with Gasteiger partial charge in [0.15, 0.2) is 0 Å². The van der Waals surface area contributed by atoms with Gasteiger partial charge in [-0.25, -0.2) is 4.98 Å². The lowest BCUT2D eigenvalue weighted by Gasteiger charge is -2.12. The molecule has 0 aliphatic rings. The van der Waals surface area contributed by atoms with Gasteiger partial charge in [-0.1, -0.05) is 12.1 Å². The molecule has 24 heavy (non-hydrogen) atoms. The minimum absolute atomic E-state index is 0.682. The zero-order valence-corrected chi connectivity index (χ0v) is 12.9. The highest BCUT2D eigenvalue weighted by Gasteiger charge is 2.05. The van der Waals surface area contributed by atoms with Crippen LogP contribution in [0.4, 0.5) is 17.1 Å². The number of imidazole rings is 1. The number of nitrogens with one attached hydrogen (secondary N) is 1. The summed E-state index contributed by atoms with van der Waals surface area (Å²) in [5.41, 5.74) is 11.8. The fourth-order valence-electron chi connectivity index (χ4n) is 2.60. The van der Waals surface area contributed by atoms with E-state index in [4.69, 9.17) is 10.2 Å². The highest BCUT2D eigenvalue weighted by Crippen LogP contribution is 2.29. The predicted molar refractivity (Wildman–Crippen MR) is 95.4 cm³/mol. The summed E-state index contributed by atoms with van der Waals surface area (Å²) in [6, 6.07) is 15.9. The second kappa shape index (κ2) is 5.96. The van der Waals surface area contributed by atoms with E-state index in [1.807, 2.05) is 59.3 Å². The van der Waals surface area contributed by atoms with Gasteiger partial charge in [0.25, 0.3) is 0 Å². The highest BCUT2D eigenvalue weighted by atomic mass is 16.3. The Bertz CT molecular complexity index is 943. The van der Waals surface area contributed by atoms with Crippen LogP contribution in [0.5, 0.6) is 0 Å². The molecular weight excluding hydrogens is 300 g/mol. The lowest BCUT2D eigenvalue weighted by Crippen LogP contribution is -1.98. The fraction of sp³-hybridized carbons (Fsp3) is 0. The van der Waals surface area contributed by atoms with Crippen LogP contribution in [0, 0.1) is 0 Å². The predicted octanol–water partition coefficient (Wildman–Crippen LogP) is 4.46. The van der Waals surface area contributed by atoms with Crippen molar-refractivity contribution in [1.82, 2.24) is 9.55 Å². The van der Waals surface area contributed by atoms with Gasteiger partial charge < -0.3 is 20.0 Å². The van der Waals surface area contributed by atoms with Crippen molar-refractivity contribution in [3.8, 4) is 16.8 Å². The first-order valence-electron chi connectivity index (χ1n) is 7.57. The maximum absolute atomic E-state index is 6.20. The summed E-state index contributed by atoms with van der Waals surface area (Å²) in [4.78, 5) is 4.08. The van der Waals surface area contributed by atoms with E-state index in [1.165, 1.54) is 0 Å². The molecule has 4 rings (SSSR count). The summed E-state index contributed by atoms with van der Waals surface area (Å²) in [7, 11) is 0.